The lowest BCUT2D eigenvalue weighted by atomic mass is 9.89. The van der Waals surface area contributed by atoms with Crippen LogP contribution < -0.4 is 10.1 Å². The molecule has 1 fully saturated rings. The van der Waals surface area contributed by atoms with Gasteiger partial charge in [-0.25, -0.2) is 0 Å². The van der Waals surface area contributed by atoms with Crippen LogP contribution >= 0.6 is 0 Å². The lowest BCUT2D eigenvalue weighted by Gasteiger charge is -2.20. The van der Waals surface area contributed by atoms with Crippen LogP contribution in [-0.4, -0.2) is 30.5 Å². The summed E-state index contributed by atoms with van der Waals surface area (Å²) in [5, 5.41) is 2.22. The van der Waals surface area contributed by atoms with Gasteiger partial charge in [0.1, 0.15) is 5.75 Å². The van der Waals surface area contributed by atoms with Crippen LogP contribution in [0.3, 0.4) is 0 Å². The second-order valence-corrected chi connectivity index (χ2v) is 5.21. The molecule has 6 nitrogen and oxygen atoms in total. The third-order valence-corrected chi connectivity index (χ3v) is 3.68. The Kier molecular flexibility index (Phi) is 4.70. The van der Waals surface area contributed by atoms with Crippen molar-refractivity contribution in [1.29, 1.82) is 0 Å². The monoisotopic (exact) mass is 303 g/mol. The molecule has 6 heteroatoms. The first-order chi connectivity index (χ1) is 10.4. The number of imide groups is 1. The summed E-state index contributed by atoms with van der Waals surface area (Å²) in [6.07, 6.45) is 0.531. The number of rotatable bonds is 5. The van der Waals surface area contributed by atoms with Crippen LogP contribution in [0.25, 0.3) is 0 Å². The number of ether oxygens (including phenoxy) is 1. The standard InChI is InChI=1S/C16H17NO5/c1-9(18)15-11(4-3-5-13(15)22-2)12(19)8-10-6-7-14(20)17-16(10)21/h3-5,10H,6-8H2,1-2H3,(H,17,20,21). The van der Waals surface area contributed by atoms with Gasteiger partial charge in [0, 0.05) is 24.3 Å². The van der Waals surface area contributed by atoms with Gasteiger partial charge < -0.3 is 4.74 Å². The molecule has 116 valence electrons. The summed E-state index contributed by atoms with van der Waals surface area (Å²) in [4.78, 5) is 47.1. The molecule has 0 radical (unpaired) electrons. The fourth-order valence-electron chi connectivity index (χ4n) is 2.56. The predicted octanol–water partition coefficient (Wildman–Crippen LogP) is 1.52. The zero-order valence-electron chi connectivity index (χ0n) is 12.5. The fourth-order valence-corrected chi connectivity index (χ4v) is 2.56. The lowest BCUT2D eigenvalue weighted by molar-refractivity contribution is -0.136. The summed E-state index contributed by atoms with van der Waals surface area (Å²) in [7, 11) is 1.43. The molecule has 1 heterocycles. The summed E-state index contributed by atoms with van der Waals surface area (Å²) in [5.41, 5.74) is 0.471. The van der Waals surface area contributed by atoms with E-state index in [0.29, 0.717) is 12.2 Å². The van der Waals surface area contributed by atoms with Crippen molar-refractivity contribution in [2.45, 2.75) is 26.2 Å². The van der Waals surface area contributed by atoms with Crippen LogP contribution in [-0.2, 0) is 9.59 Å². The number of amides is 2. The third kappa shape index (κ3) is 3.21. The van der Waals surface area contributed by atoms with E-state index in [2.05, 4.69) is 5.32 Å². The van der Waals surface area contributed by atoms with Crippen LogP contribution in [0, 0.1) is 5.92 Å². The second kappa shape index (κ2) is 6.51. The maximum Gasteiger partial charge on any atom is 0.230 e. The minimum atomic E-state index is -0.545. The molecule has 1 saturated heterocycles. The Morgan fingerprint density at radius 1 is 1.32 bits per heavy atom. The van der Waals surface area contributed by atoms with E-state index in [1.807, 2.05) is 0 Å². The van der Waals surface area contributed by atoms with E-state index in [9.17, 15) is 19.2 Å². The van der Waals surface area contributed by atoms with E-state index in [4.69, 9.17) is 4.74 Å². The molecule has 1 unspecified atom stereocenters. The highest BCUT2D eigenvalue weighted by molar-refractivity contribution is 6.11. The van der Waals surface area contributed by atoms with Crippen LogP contribution in [0.2, 0.25) is 0 Å². The highest BCUT2D eigenvalue weighted by atomic mass is 16.5. The largest absolute Gasteiger partial charge is 0.496 e. The van der Waals surface area contributed by atoms with Gasteiger partial charge in [-0.3, -0.25) is 24.5 Å². The van der Waals surface area contributed by atoms with Gasteiger partial charge in [0.15, 0.2) is 11.6 Å². The summed E-state index contributed by atoms with van der Waals surface area (Å²) in [6, 6.07) is 4.79. The molecule has 1 aromatic rings. The number of carbonyl (C=O) groups excluding carboxylic acids is 4. The molecule has 2 rings (SSSR count). The van der Waals surface area contributed by atoms with Crippen molar-refractivity contribution >= 4 is 23.4 Å². The molecular formula is C16H17NO5. The van der Waals surface area contributed by atoms with Crippen molar-refractivity contribution in [3.8, 4) is 5.75 Å². The molecule has 2 amide bonds. The highest BCUT2D eigenvalue weighted by Crippen LogP contribution is 2.26. The van der Waals surface area contributed by atoms with Gasteiger partial charge in [0.2, 0.25) is 11.8 Å². The second-order valence-electron chi connectivity index (χ2n) is 5.21. The number of methoxy groups -OCH3 is 1. The summed E-state index contributed by atoms with van der Waals surface area (Å²) >= 11 is 0. The van der Waals surface area contributed by atoms with Gasteiger partial charge in [-0.1, -0.05) is 12.1 Å². The SMILES string of the molecule is COc1cccc(C(=O)CC2CCC(=O)NC2=O)c1C(C)=O. The van der Waals surface area contributed by atoms with Gasteiger partial charge in [0.05, 0.1) is 12.7 Å². The van der Waals surface area contributed by atoms with Gasteiger partial charge in [-0.05, 0) is 19.4 Å². The Labute approximate surface area is 127 Å². The zero-order chi connectivity index (χ0) is 16.3. The quantitative estimate of drug-likeness (QED) is 0.658. The number of hydrogen-bond donors (Lipinski definition) is 1. The van der Waals surface area contributed by atoms with E-state index in [1.165, 1.54) is 14.0 Å². The summed E-state index contributed by atoms with van der Waals surface area (Å²) < 4.78 is 5.13. The number of carbonyl (C=O) groups is 4. The van der Waals surface area contributed by atoms with Crippen LogP contribution in [0.15, 0.2) is 18.2 Å². The van der Waals surface area contributed by atoms with E-state index in [1.54, 1.807) is 18.2 Å². The van der Waals surface area contributed by atoms with Crippen molar-refractivity contribution in [2.24, 2.45) is 5.92 Å². The smallest absolute Gasteiger partial charge is 0.230 e. The third-order valence-electron chi connectivity index (χ3n) is 3.68. The minimum Gasteiger partial charge on any atom is -0.496 e. The van der Waals surface area contributed by atoms with Crippen molar-refractivity contribution < 1.29 is 23.9 Å². The van der Waals surface area contributed by atoms with Crippen molar-refractivity contribution in [3.05, 3.63) is 29.3 Å². The molecule has 22 heavy (non-hydrogen) atoms. The number of nitrogens with one attached hydrogen (secondary N) is 1. The molecule has 1 atom stereocenters. The van der Waals surface area contributed by atoms with Crippen LogP contribution in [0.4, 0.5) is 0 Å². The Balaban J connectivity index is 2.25. The Bertz CT molecular complexity index is 650. The number of Topliss-reactive ketones (excluding diaryl/α,β-unsaturated/α-hetero) is 2. The van der Waals surface area contributed by atoms with Gasteiger partial charge >= 0.3 is 0 Å². The van der Waals surface area contributed by atoms with E-state index >= 15 is 0 Å². The average Bonchev–Trinajstić information content (AvgIpc) is 2.48. The van der Waals surface area contributed by atoms with E-state index in [0.717, 1.165) is 0 Å². The van der Waals surface area contributed by atoms with E-state index in [-0.39, 0.29) is 41.4 Å². The molecule has 0 aromatic heterocycles. The first kappa shape index (κ1) is 15.9. The summed E-state index contributed by atoms with van der Waals surface area (Å²) in [6.45, 7) is 1.36. The van der Waals surface area contributed by atoms with Crippen molar-refractivity contribution in [2.75, 3.05) is 7.11 Å². The van der Waals surface area contributed by atoms with Gasteiger partial charge in [-0.15, -0.1) is 0 Å². The maximum absolute atomic E-state index is 12.5. The number of hydrogen-bond acceptors (Lipinski definition) is 5. The molecule has 1 aliphatic heterocycles. The fraction of sp³-hybridized carbons (Fsp3) is 0.375. The molecule has 0 saturated carbocycles. The maximum atomic E-state index is 12.5. The Morgan fingerprint density at radius 2 is 2.05 bits per heavy atom. The van der Waals surface area contributed by atoms with E-state index < -0.39 is 11.8 Å². The zero-order valence-corrected chi connectivity index (χ0v) is 12.5. The molecule has 0 bridgehead atoms. The van der Waals surface area contributed by atoms with Gasteiger partial charge in [-0.2, -0.15) is 0 Å². The Morgan fingerprint density at radius 3 is 2.64 bits per heavy atom. The first-order valence-corrected chi connectivity index (χ1v) is 6.99. The average molecular weight is 303 g/mol. The summed E-state index contributed by atoms with van der Waals surface area (Å²) in [5.74, 6) is -1.54. The Hall–Kier alpha value is -2.50. The molecule has 0 spiro atoms. The predicted molar refractivity (Wildman–Crippen MR) is 77.8 cm³/mol. The molecule has 1 aliphatic rings. The topological polar surface area (TPSA) is 89.5 Å². The number of benzene rings is 1. The molecule has 1 N–H and O–H groups in total. The first-order valence-electron chi connectivity index (χ1n) is 6.99. The molecular weight excluding hydrogens is 286 g/mol. The van der Waals surface area contributed by atoms with Crippen LogP contribution in [0.1, 0.15) is 46.9 Å². The van der Waals surface area contributed by atoms with Gasteiger partial charge in [0.25, 0.3) is 0 Å². The van der Waals surface area contributed by atoms with Crippen molar-refractivity contribution in [1.82, 2.24) is 5.32 Å². The van der Waals surface area contributed by atoms with Crippen molar-refractivity contribution in [3.63, 3.8) is 0 Å². The normalized spacial score (nSPS) is 17.8. The number of piperidine rings is 1. The molecule has 0 aliphatic carbocycles. The minimum absolute atomic E-state index is 0.0352. The molecule has 1 aromatic carbocycles. The highest BCUT2D eigenvalue weighted by Gasteiger charge is 2.30. The lowest BCUT2D eigenvalue weighted by Crippen LogP contribution is -2.41. The number of ketones is 2. The van der Waals surface area contributed by atoms with Crippen LogP contribution in [0.5, 0.6) is 5.75 Å².